The number of nitrogens with zero attached hydrogens (tertiary/aromatic N) is 3. The summed E-state index contributed by atoms with van der Waals surface area (Å²) < 4.78 is 0. The second-order valence-corrected chi connectivity index (χ2v) is 11.2. The number of hydrogen-bond donors (Lipinski definition) is 1. The van der Waals surface area contributed by atoms with Crippen molar-refractivity contribution >= 4 is 17.6 Å². The molecule has 3 amide bonds. The highest BCUT2D eigenvalue weighted by atomic mass is 16.2. The van der Waals surface area contributed by atoms with Crippen molar-refractivity contribution in [2.24, 2.45) is 5.92 Å². The SMILES string of the molecule is CN1CCCc2cc(CN3CCC(C4(C)NC(=O)N(C5Cc6ccccc6C5)C4=O)CC3)ccc21. The van der Waals surface area contributed by atoms with Crippen LogP contribution < -0.4 is 10.2 Å². The Balaban J connectivity index is 1.09. The van der Waals surface area contributed by atoms with Crippen LogP contribution in [0.25, 0.3) is 0 Å². The Morgan fingerprint density at radius 2 is 1.69 bits per heavy atom. The first-order chi connectivity index (χ1) is 16.9. The predicted octanol–water partition coefficient (Wildman–Crippen LogP) is 3.76. The van der Waals surface area contributed by atoms with Crippen molar-refractivity contribution in [1.82, 2.24) is 15.1 Å². The number of amides is 3. The molecule has 2 aromatic rings. The van der Waals surface area contributed by atoms with Gasteiger partial charge in [-0.1, -0.05) is 36.4 Å². The molecule has 1 unspecified atom stereocenters. The maximum absolute atomic E-state index is 13.6. The second kappa shape index (κ2) is 8.66. The van der Waals surface area contributed by atoms with Crippen LogP contribution in [0, 0.1) is 5.92 Å². The summed E-state index contributed by atoms with van der Waals surface area (Å²) in [6.07, 6.45) is 5.77. The first-order valence-electron chi connectivity index (χ1n) is 13.2. The molecule has 0 saturated carbocycles. The molecular formula is C29H36N4O2. The first-order valence-corrected chi connectivity index (χ1v) is 13.2. The van der Waals surface area contributed by atoms with Gasteiger partial charge in [-0.15, -0.1) is 0 Å². The lowest BCUT2D eigenvalue weighted by molar-refractivity contribution is -0.134. The summed E-state index contributed by atoms with van der Waals surface area (Å²) in [6.45, 7) is 5.95. The van der Waals surface area contributed by atoms with Crippen LogP contribution in [-0.4, -0.2) is 60.0 Å². The summed E-state index contributed by atoms with van der Waals surface area (Å²) in [7, 11) is 2.18. The number of fused-ring (bicyclic) bond motifs is 2. The third kappa shape index (κ3) is 3.92. The molecule has 2 saturated heterocycles. The fourth-order valence-electron chi connectivity index (χ4n) is 6.87. The molecule has 0 aromatic heterocycles. The number of imide groups is 1. The van der Waals surface area contributed by atoms with Crippen LogP contribution in [0.15, 0.2) is 42.5 Å². The van der Waals surface area contributed by atoms with Crippen molar-refractivity contribution in [3.63, 3.8) is 0 Å². The Morgan fingerprint density at radius 1 is 0.971 bits per heavy atom. The van der Waals surface area contributed by atoms with E-state index in [4.69, 9.17) is 0 Å². The minimum atomic E-state index is -0.797. The Kier molecular flexibility index (Phi) is 5.59. The smallest absolute Gasteiger partial charge is 0.325 e. The number of benzene rings is 2. The molecule has 3 aliphatic heterocycles. The summed E-state index contributed by atoms with van der Waals surface area (Å²) in [6, 6.07) is 15.0. The standard InChI is InChI=1S/C29H36N4O2/c1-29(27(34)33(28(35)30-29)25-17-21-6-3-4-7-22(21)18-25)24-11-14-32(15-12-24)19-20-9-10-26-23(16-20)8-5-13-31(26)2/h3-4,6-7,9-10,16,24-25H,5,8,11-15,17-19H2,1-2H3,(H,30,35). The molecule has 0 radical (unpaired) electrons. The van der Waals surface area contributed by atoms with Gasteiger partial charge in [-0.2, -0.15) is 0 Å². The van der Waals surface area contributed by atoms with Gasteiger partial charge in [0, 0.05) is 31.9 Å². The van der Waals surface area contributed by atoms with Crippen molar-refractivity contribution in [3.05, 3.63) is 64.7 Å². The number of piperidine rings is 1. The van der Waals surface area contributed by atoms with Crippen molar-refractivity contribution in [3.8, 4) is 0 Å². The van der Waals surface area contributed by atoms with Gasteiger partial charge in [0.25, 0.3) is 5.91 Å². The number of likely N-dealkylation sites (tertiary alicyclic amines) is 1. The van der Waals surface area contributed by atoms with Gasteiger partial charge < -0.3 is 10.2 Å². The molecule has 1 aliphatic carbocycles. The van der Waals surface area contributed by atoms with Gasteiger partial charge in [0.05, 0.1) is 0 Å². The van der Waals surface area contributed by atoms with Gasteiger partial charge in [-0.05, 0) is 92.8 Å². The zero-order valence-electron chi connectivity index (χ0n) is 20.9. The molecule has 35 heavy (non-hydrogen) atoms. The van der Waals surface area contributed by atoms with Gasteiger partial charge in [-0.3, -0.25) is 14.6 Å². The molecular weight excluding hydrogens is 436 g/mol. The molecule has 6 heteroatoms. The summed E-state index contributed by atoms with van der Waals surface area (Å²) in [5.41, 5.74) is 5.93. The van der Waals surface area contributed by atoms with E-state index in [1.54, 1.807) is 0 Å². The van der Waals surface area contributed by atoms with E-state index in [-0.39, 0.29) is 23.9 Å². The third-order valence-corrected chi connectivity index (χ3v) is 8.95. The Morgan fingerprint density at radius 3 is 2.40 bits per heavy atom. The van der Waals surface area contributed by atoms with E-state index in [9.17, 15) is 9.59 Å². The molecule has 6 rings (SSSR count). The lowest BCUT2D eigenvalue weighted by Gasteiger charge is -2.39. The van der Waals surface area contributed by atoms with E-state index in [1.165, 1.54) is 45.7 Å². The topological polar surface area (TPSA) is 55.9 Å². The molecule has 0 bridgehead atoms. The molecule has 2 fully saturated rings. The highest BCUT2D eigenvalue weighted by Gasteiger charge is 2.55. The van der Waals surface area contributed by atoms with Gasteiger partial charge >= 0.3 is 6.03 Å². The molecule has 4 aliphatic rings. The fraction of sp³-hybridized carbons (Fsp3) is 0.517. The number of carbonyl (C=O) groups is 2. The number of anilines is 1. The van der Waals surface area contributed by atoms with E-state index < -0.39 is 5.54 Å². The fourth-order valence-corrected chi connectivity index (χ4v) is 6.87. The zero-order chi connectivity index (χ0) is 24.2. The molecule has 0 spiro atoms. The lowest BCUT2D eigenvalue weighted by Crippen LogP contribution is -2.54. The number of rotatable bonds is 4. The van der Waals surface area contributed by atoms with Crippen LogP contribution in [0.5, 0.6) is 0 Å². The van der Waals surface area contributed by atoms with Crippen LogP contribution in [0.3, 0.4) is 0 Å². The minimum absolute atomic E-state index is 0.0300. The van der Waals surface area contributed by atoms with Crippen molar-refractivity contribution in [1.29, 1.82) is 0 Å². The number of nitrogens with one attached hydrogen (secondary N) is 1. The molecule has 1 atom stereocenters. The zero-order valence-corrected chi connectivity index (χ0v) is 20.9. The average Bonchev–Trinajstić information content (AvgIpc) is 3.37. The van der Waals surface area contributed by atoms with Gasteiger partial charge in [0.2, 0.25) is 0 Å². The largest absolute Gasteiger partial charge is 0.374 e. The van der Waals surface area contributed by atoms with Crippen molar-refractivity contribution in [2.75, 3.05) is 31.6 Å². The number of hydrogen-bond acceptors (Lipinski definition) is 4. The predicted molar refractivity (Wildman–Crippen MR) is 137 cm³/mol. The first kappa shape index (κ1) is 22.6. The number of carbonyl (C=O) groups excluding carboxylic acids is 2. The van der Waals surface area contributed by atoms with E-state index >= 15 is 0 Å². The average molecular weight is 473 g/mol. The summed E-state index contributed by atoms with van der Waals surface area (Å²) in [5.74, 6) is 0.138. The molecule has 6 nitrogen and oxygen atoms in total. The monoisotopic (exact) mass is 472 g/mol. The van der Waals surface area contributed by atoms with Crippen molar-refractivity contribution < 1.29 is 9.59 Å². The van der Waals surface area contributed by atoms with Crippen molar-refractivity contribution in [2.45, 2.75) is 63.6 Å². The maximum atomic E-state index is 13.6. The molecule has 2 aromatic carbocycles. The second-order valence-electron chi connectivity index (χ2n) is 11.2. The van der Waals surface area contributed by atoms with Crippen LogP contribution >= 0.6 is 0 Å². The van der Waals surface area contributed by atoms with Crippen LogP contribution in [-0.2, 0) is 30.6 Å². The molecule has 1 N–H and O–H groups in total. The van der Waals surface area contributed by atoms with E-state index in [2.05, 4.69) is 52.5 Å². The third-order valence-electron chi connectivity index (χ3n) is 8.95. The number of aryl methyl sites for hydroxylation is 1. The summed E-state index contributed by atoms with van der Waals surface area (Å²) in [4.78, 5) is 33.0. The molecule has 184 valence electrons. The Bertz CT molecular complexity index is 1130. The highest BCUT2D eigenvalue weighted by molar-refractivity contribution is 6.07. The van der Waals surface area contributed by atoms with Gasteiger partial charge in [0.1, 0.15) is 5.54 Å². The van der Waals surface area contributed by atoms with Crippen LogP contribution in [0.1, 0.15) is 48.4 Å². The van der Waals surface area contributed by atoms with Gasteiger partial charge in [-0.25, -0.2) is 4.79 Å². The van der Waals surface area contributed by atoms with Gasteiger partial charge in [0.15, 0.2) is 0 Å². The van der Waals surface area contributed by atoms with Crippen LogP contribution in [0.4, 0.5) is 10.5 Å². The Labute approximate surface area is 208 Å². The quantitative estimate of drug-likeness (QED) is 0.689. The van der Waals surface area contributed by atoms with Crippen LogP contribution in [0.2, 0.25) is 0 Å². The minimum Gasteiger partial charge on any atom is -0.374 e. The normalized spacial score (nSPS) is 25.7. The highest BCUT2D eigenvalue weighted by Crippen LogP contribution is 2.37. The van der Waals surface area contributed by atoms with E-state index in [1.807, 2.05) is 19.1 Å². The lowest BCUT2D eigenvalue weighted by atomic mass is 9.78. The summed E-state index contributed by atoms with van der Waals surface area (Å²) in [5, 5.41) is 3.12. The van der Waals surface area contributed by atoms with E-state index in [0.717, 1.165) is 51.9 Å². The van der Waals surface area contributed by atoms with E-state index in [0.29, 0.717) is 0 Å². The maximum Gasteiger partial charge on any atom is 0.325 e. The molecule has 3 heterocycles. The Hall–Kier alpha value is -2.86. The number of urea groups is 1. The summed E-state index contributed by atoms with van der Waals surface area (Å²) >= 11 is 0.